The van der Waals surface area contributed by atoms with Crippen LogP contribution in [0.15, 0.2) is 0 Å². The van der Waals surface area contributed by atoms with Gasteiger partial charge in [-0.15, -0.1) is 0 Å². The molecule has 2 aliphatic carbocycles. The van der Waals surface area contributed by atoms with E-state index in [1.807, 2.05) is 0 Å². The molecule has 0 amide bonds. The van der Waals surface area contributed by atoms with Gasteiger partial charge in [-0.25, -0.2) is 0 Å². The van der Waals surface area contributed by atoms with Crippen molar-refractivity contribution in [1.82, 2.24) is 0 Å². The lowest BCUT2D eigenvalue weighted by molar-refractivity contribution is 0.350. The lowest BCUT2D eigenvalue weighted by Crippen LogP contribution is -2.29. The van der Waals surface area contributed by atoms with Crippen molar-refractivity contribution in [1.29, 1.82) is 0 Å². The summed E-state index contributed by atoms with van der Waals surface area (Å²) in [5, 5.41) is 1.72. The van der Waals surface area contributed by atoms with Crippen molar-refractivity contribution in [3.63, 3.8) is 0 Å². The van der Waals surface area contributed by atoms with Gasteiger partial charge in [0.25, 0.3) is 0 Å². The molecule has 88 valence electrons. The zero-order valence-corrected chi connectivity index (χ0v) is 10.6. The zero-order chi connectivity index (χ0) is 10.5. The molecule has 2 heteroatoms. The van der Waals surface area contributed by atoms with E-state index >= 15 is 0 Å². The first-order chi connectivity index (χ1) is 7.40. The summed E-state index contributed by atoms with van der Waals surface area (Å²) in [6.07, 6.45) is 13.1. The fraction of sp³-hybridized carbons (Fsp3) is 1.00. The smallest absolute Gasteiger partial charge is 0.0201 e. The highest BCUT2D eigenvalue weighted by molar-refractivity contribution is 8.00. The van der Waals surface area contributed by atoms with Crippen LogP contribution in [0.2, 0.25) is 0 Å². The minimum absolute atomic E-state index is 0.772. The Kier molecular flexibility index (Phi) is 4.83. The predicted octanol–water partition coefficient (Wildman–Crippen LogP) is 3.57. The fourth-order valence-corrected chi connectivity index (χ4v) is 4.84. The van der Waals surface area contributed by atoms with Gasteiger partial charge in [-0.05, 0) is 31.6 Å². The molecule has 0 radical (unpaired) electrons. The number of nitrogens with two attached hydrogens (primary N) is 1. The fourth-order valence-electron chi connectivity index (χ4n) is 3.14. The Morgan fingerprint density at radius 3 is 2.13 bits per heavy atom. The monoisotopic (exact) mass is 227 g/mol. The quantitative estimate of drug-likeness (QED) is 0.794. The minimum atomic E-state index is 0.772. The molecule has 1 atom stereocenters. The Balaban J connectivity index is 1.79. The van der Waals surface area contributed by atoms with Crippen LogP contribution in [-0.2, 0) is 0 Å². The maximum Gasteiger partial charge on any atom is 0.0201 e. The molecule has 0 saturated heterocycles. The number of thioether (sulfide) groups is 1. The molecule has 15 heavy (non-hydrogen) atoms. The van der Waals surface area contributed by atoms with Crippen LogP contribution in [0.5, 0.6) is 0 Å². The molecule has 0 aromatic rings. The summed E-state index contributed by atoms with van der Waals surface area (Å²) >= 11 is 2.23. The van der Waals surface area contributed by atoms with E-state index in [0.29, 0.717) is 0 Å². The summed E-state index contributed by atoms with van der Waals surface area (Å²) in [5.74, 6) is 0.939. The largest absolute Gasteiger partial charge is 0.329 e. The second-order valence-corrected chi connectivity index (χ2v) is 6.76. The molecule has 1 unspecified atom stereocenters. The SMILES string of the molecule is NCC(SC1CCCC1)C1CCCCC1. The number of rotatable bonds is 4. The number of hydrogen-bond donors (Lipinski definition) is 1. The summed E-state index contributed by atoms with van der Waals surface area (Å²) in [4.78, 5) is 0. The maximum absolute atomic E-state index is 5.96. The normalized spacial score (nSPS) is 27.0. The van der Waals surface area contributed by atoms with Crippen molar-refractivity contribution in [2.24, 2.45) is 11.7 Å². The van der Waals surface area contributed by atoms with Gasteiger partial charge in [0.1, 0.15) is 0 Å². The van der Waals surface area contributed by atoms with Crippen molar-refractivity contribution in [2.75, 3.05) is 6.54 Å². The van der Waals surface area contributed by atoms with E-state index in [1.165, 1.54) is 57.8 Å². The van der Waals surface area contributed by atoms with E-state index in [4.69, 9.17) is 5.73 Å². The summed E-state index contributed by atoms with van der Waals surface area (Å²) in [6, 6.07) is 0. The number of hydrogen-bond acceptors (Lipinski definition) is 2. The van der Waals surface area contributed by atoms with Crippen molar-refractivity contribution in [3.05, 3.63) is 0 Å². The van der Waals surface area contributed by atoms with Gasteiger partial charge in [0, 0.05) is 17.0 Å². The predicted molar refractivity (Wildman–Crippen MR) is 69.3 cm³/mol. The second-order valence-electron chi connectivity index (χ2n) is 5.21. The van der Waals surface area contributed by atoms with E-state index < -0.39 is 0 Å². The molecular weight excluding hydrogens is 202 g/mol. The van der Waals surface area contributed by atoms with Crippen LogP contribution >= 0.6 is 11.8 Å². The third-order valence-corrected chi connectivity index (χ3v) is 5.86. The second kappa shape index (κ2) is 6.15. The molecule has 2 N–H and O–H groups in total. The first-order valence-electron chi connectivity index (χ1n) is 6.75. The van der Waals surface area contributed by atoms with Crippen LogP contribution in [0.1, 0.15) is 57.8 Å². The first kappa shape index (κ1) is 11.8. The average Bonchev–Trinajstić information content (AvgIpc) is 2.80. The van der Waals surface area contributed by atoms with Crippen molar-refractivity contribution >= 4 is 11.8 Å². The van der Waals surface area contributed by atoms with Crippen LogP contribution in [0, 0.1) is 5.92 Å². The van der Waals surface area contributed by atoms with Gasteiger partial charge in [-0.3, -0.25) is 0 Å². The molecule has 0 bridgehead atoms. The van der Waals surface area contributed by atoms with Crippen LogP contribution < -0.4 is 5.73 Å². The molecule has 0 aliphatic heterocycles. The Morgan fingerprint density at radius 2 is 1.53 bits per heavy atom. The Hall–Kier alpha value is 0.310. The van der Waals surface area contributed by atoms with Crippen molar-refractivity contribution in [3.8, 4) is 0 Å². The van der Waals surface area contributed by atoms with E-state index in [2.05, 4.69) is 11.8 Å². The summed E-state index contributed by atoms with van der Waals surface area (Å²) < 4.78 is 0. The molecule has 2 fully saturated rings. The van der Waals surface area contributed by atoms with Gasteiger partial charge in [-0.1, -0.05) is 32.1 Å². The highest BCUT2D eigenvalue weighted by atomic mass is 32.2. The molecule has 0 aromatic carbocycles. The summed E-state index contributed by atoms with van der Waals surface area (Å²) in [6.45, 7) is 0.909. The van der Waals surface area contributed by atoms with Gasteiger partial charge < -0.3 is 5.73 Å². The van der Waals surface area contributed by atoms with Crippen LogP contribution in [-0.4, -0.2) is 17.0 Å². The lowest BCUT2D eigenvalue weighted by Gasteiger charge is -2.30. The highest BCUT2D eigenvalue weighted by Crippen LogP contribution is 2.38. The molecule has 2 aliphatic rings. The van der Waals surface area contributed by atoms with Gasteiger partial charge in [-0.2, -0.15) is 11.8 Å². The Labute approximate surface area is 98.6 Å². The third-order valence-electron chi connectivity index (χ3n) is 4.08. The summed E-state index contributed by atoms with van der Waals surface area (Å²) in [7, 11) is 0. The third kappa shape index (κ3) is 3.39. The van der Waals surface area contributed by atoms with Gasteiger partial charge in [0.2, 0.25) is 0 Å². The molecule has 1 nitrogen and oxygen atoms in total. The summed E-state index contributed by atoms with van der Waals surface area (Å²) in [5.41, 5.74) is 5.96. The van der Waals surface area contributed by atoms with Crippen molar-refractivity contribution < 1.29 is 0 Å². The first-order valence-corrected chi connectivity index (χ1v) is 7.70. The lowest BCUT2D eigenvalue weighted by atomic mass is 9.87. The maximum atomic E-state index is 5.96. The minimum Gasteiger partial charge on any atom is -0.329 e. The molecule has 0 heterocycles. The molecule has 2 saturated carbocycles. The topological polar surface area (TPSA) is 26.0 Å². The highest BCUT2D eigenvalue weighted by Gasteiger charge is 2.27. The van der Waals surface area contributed by atoms with Gasteiger partial charge in [0.15, 0.2) is 0 Å². The van der Waals surface area contributed by atoms with Crippen LogP contribution in [0.25, 0.3) is 0 Å². The van der Waals surface area contributed by atoms with Crippen LogP contribution in [0.4, 0.5) is 0 Å². The van der Waals surface area contributed by atoms with Gasteiger partial charge in [0.05, 0.1) is 0 Å². The van der Waals surface area contributed by atoms with E-state index in [-0.39, 0.29) is 0 Å². The zero-order valence-electron chi connectivity index (χ0n) is 9.79. The molecule has 0 aromatic heterocycles. The van der Waals surface area contributed by atoms with E-state index in [1.54, 1.807) is 0 Å². The van der Waals surface area contributed by atoms with E-state index in [0.717, 1.165) is 23.0 Å². The Morgan fingerprint density at radius 1 is 0.933 bits per heavy atom. The van der Waals surface area contributed by atoms with E-state index in [9.17, 15) is 0 Å². The standard InChI is InChI=1S/C13H25NS/c14-10-13(11-6-2-1-3-7-11)15-12-8-4-5-9-12/h11-13H,1-10,14H2. The van der Waals surface area contributed by atoms with Crippen LogP contribution in [0.3, 0.4) is 0 Å². The molecular formula is C13H25NS. The molecule has 0 spiro atoms. The van der Waals surface area contributed by atoms with Gasteiger partial charge >= 0.3 is 0 Å². The molecule has 2 rings (SSSR count). The average molecular weight is 227 g/mol. The Bertz CT molecular complexity index is 171. The van der Waals surface area contributed by atoms with Crippen molar-refractivity contribution in [2.45, 2.75) is 68.3 Å².